The summed E-state index contributed by atoms with van der Waals surface area (Å²) in [5, 5.41) is 0.622. The number of nitrogens with zero attached hydrogens (tertiary/aromatic N) is 2. The summed E-state index contributed by atoms with van der Waals surface area (Å²) in [5.74, 6) is 0.276. The van der Waals surface area contributed by atoms with Crippen LogP contribution in [0.2, 0.25) is 0 Å². The van der Waals surface area contributed by atoms with E-state index in [1.807, 2.05) is 23.1 Å². The molecule has 0 bridgehead atoms. The van der Waals surface area contributed by atoms with Gasteiger partial charge in [-0.2, -0.15) is 0 Å². The van der Waals surface area contributed by atoms with E-state index >= 15 is 0 Å². The van der Waals surface area contributed by atoms with Crippen LogP contribution >= 0.6 is 12.2 Å². The molecule has 1 amide bonds. The Morgan fingerprint density at radius 1 is 1.26 bits per heavy atom. The standard InChI is InChI=1S/C21H30N4O4S2/c1-31(28,29)22-14-16-8-7-12-24(15-16)19(26)11-3-2-6-13-25-20(27)17-9-4-5-10-18(17)23-21(25)30/h4-5,9-10,16,22H,2-3,6-8,11-15H2,1H3,(H,23,30). The van der Waals surface area contributed by atoms with Crippen molar-refractivity contribution in [1.29, 1.82) is 0 Å². The van der Waals surface area contributed by atoms with Crippen LogP contribution in [-0.4, -0.2) is 54.7 Å². The molecule has 1 aliphatic rings. The normalized spacial score (nSPS) is 17.2. The fraction of sp³-hybridized carbons (Fsp3) is 0.571. The van der Waals surface area contributed by atoms with E-state index in [9.17, 15) is 18.0 Å². The van der Waals surface area contributed by atoms with Crippen LogP contribution in [0.3, 0.4) is 0 Å². The number of carbonyl (C=O) groups excluding carboxylic acids is 1. The van der Waals surface area contributed by atoms with Crippen molar-refractivity contribution < 1.29 is 13.2 Å². The van der Waals surface area contributed by atoms with Crippen molar-refractivity contribution in [3.63, 3.8) is 0 Å². The van der Waals surface area contributed by atoms with Gasteiger partial charge in [0.1, 0.15) is 0 Å². The van der Waals surface area contributed by atoms with Gasteiger partial charge in [-0.3, -0.25) is 14.2 Å². The molecule has 1 saturated heterocycles. The molecule has 0 spiro atoms. The van der Waals surface area contributed by atoms with Crippen molar-refractivity contribution >= 4 is 39.1 Å². The Morgan fingerprint density at radius 3 is 2.81 bits per heavy atom. The lowest BCUT2D eigenvalue weighted by atomic mass is 9.98. The van der Waals surface area contributed by atoms with E-state index < -0.39 is 10.0 Å². The predicted molar refractivity (Wildman–Crippen MR) is 124 cm³/mol. The van der Waals surface area contributed by atoms with Crippen LogP contribution in [0.4, 0.5) is 0 Å². The number of aromatic nitrogens is 2. The third-order valence-corrected chi connectivity index (χ3v) is 6.68. The largest absolute Gasteiger partial charge is 0.342 e. The molecular formula is C21H30N4O4S2. The molecule has 2 heterocycles. The topological polar surface area (TPSA) is 104 Å². The van der Waals surface area contributed by atoms with E-state index in [-0.39, 0.29) is 17.4 Å². The lowest BCUT2D eigenvalue weighted by Crippen LogP contribution is -2.43. The number of benzene rings is 1. The number of carbonyl (C=O) groups is 1. The molecule has 1 aromatic carbocycles. The second-order valence-electron chi connectivity index (χ2n) is 8.21. The number of nitrogens with one attached hydrogen (secondary N) is 2. The molecule has 2 N–H and O–H groups in total. The molecule has 1 aliphatic heterocycles. The monoisotopic (exact) mass is 466 g/mol. The summed E-state index contributed by atoms with van der Waals surface area (Å²) in [6.07, 6.45) is 5.78. The van der Waals surface area contributed by atoms with Gasteiger partial charge in [0.2, 0.25) is 15.9 Å². The molecule has 10 heteroatoms. The fourth-order valence-electron chi connectivity index (χ4n) is 4.01. The number of hydrogen-bond donors (Lipinski definition) is 2. The molecule has 0 aliphatic carbocycles. The number of rotatable bonds is 9. The highest BCUT2D eigenvalue weighted by molar-refractivity contribution is 7.88. The van der Waals surface area contributed by atoms with Crippen molar-refractivity contribution in [2.24, 2.45) is 5.92 Å². The van der Waals surface area contributed by atoms with E-state index in [1.165, 1.54) is 0 Å². The number of sulfonamides is 1. The molecular weight excluding hydrogens is 436 g/mol. The Kier molecular flexibility index (Phi) is 8.01. The summed E-state index contributed by atoms with van der Waals surface area (Å²) < 4.78 is 27.1. The first-order valence-electron chi connectivity index (χ1n) is 10.7. The Labute approximate surface area is 187 Å². The number of aromatic amines is 1. The zero-order valence-electron chi connectivity index (χ0n) is 17.8. The fourth-order valence-corrected chi connectivity index (χ4v) is 4.83. The van der Waals surface area contributed by atoms with Crippen LogP contribution in [0.25, 0.3) is 10.9 Å². The third-order valence-electron chi connectivity index (χ3n) is 5.67. The first-order chi connectivity index (χ1) is 14.7. The summed E-state index contributed by atoms with van der Waals surface area (Å²) in [4.78, 5) is 30.1. The maximum absolute atomic E-state index is 12.6. The lowest BCUT2D eigenvalue weighted by molar-refractivity contribution is -0.133. The van der Waals surface area contributed by atoms with Crippen molar-refractivity contribution in [1.82, 2.24) is 19.2 Å². The molecule has 8 nitrogen and oxygen atoms in total. The molecule has 0 saturated carbocycles. The molecule has 1 unspecified atom stereocenters. The summed E-state index contributed by atoms with van der Waals surface area (Å²) in [6.45, 7) is 2.23. The number of piperidine rings is 1. The zero-order valence-corrected chi connectivity index (χ0v) is 19.4. The van der Waals surface area contributed by atoms with Gasteiger partial charge in [0.05, 0.1) is 17.2 Å². The van der Waals surface area contributed by atoms with Crippen LogP contribution in [0.15, 0.2) is 29.1 Å². The third kappa shape index (κ3) is 6.72. The summed E-state index contributed by atoms with van der Waals surface area (Å²) in [5.41, 5.74) is 0.656. The highest BCUT2D eigenvalue weighted by Crippen LogP contribution is 2.18. The molecule has 1 atom stereocenters. The van der Waals surface area contributed by atoms with E-state index in [0.29, 0.717) is 36.2 Å². The molecule has 170 valence electrons. The second kappa shape index (κ2) is 10.5. The highest BCUT2D eigenvalue weighted by atomic mass is 32.2. The SMILES string of the molecule is CS(=O)(=O)NCC1CCCN(C(=O)CCCCCn2c(=S)[nH]c3ccccc3c2=O)C1. The van der Waals surface area contributed by atoms with Crippen molar-refractivity contribution in [3.05, 3.63) is 39.4 Å². The average Bonchev–Trinajstić information content (AvgIpc) is 2.73. The number of fused-ring (bicyclic) bond motifs is 1. The van der Waals surface area contributed by atoms with Crippen LogP contribution < -0.4 is 10.3 Å². The molecule has 3 rings (SSSR count). The quantitative estimate of drug-likeness (QED) is 0.436. The summed E-state index contributed by atoms with van der Waals surface area (Å²) >= 11 is 5.33. The molecule has 1 aromatic heterocycles. The lowest BCUT2D eigenvalue weighted by Gasteiger charge is -2.33. The van der Waals surface area contributed by atoms with Crippen LogP contribution in [-0.2, 0) is 21.4 Å². The maximum Gasteiger partial charge on any atom is 0.262 e. The number of unbranched alkanes of at least 4 members (excludes halogenated alkanes) is 2. The van der Waals surface area contributed by atoms with Gasteiger partial charge in [0, 0.05) is 32.6 Å². The van der Waals surface area contributed by atoms with E-state index in [0.717, 1.165) is 50.4 Å². The molecule has 1 fully saturated rings. The van der Waals surface area contributed by atoms with E-state index in [4.69, 9.17) is 12.2 Å². The second-order valence-corrected chi connectivity index (χ2v) is 10.4. The Bertz CT molecular complexity index is 1140. The van der Waals surface area contributed by atoms with E-state index in [1.54, 1.807) is 10.6 Å². The summed E-state index contributed by atoms with van der Waals surface area (Å²) in [6, 6.07) is 7.32. The molecule has 2 aromatic rings. The van der Waals surface area contributed by atoms with Gasteiger partial charge < -0.3 is 9.88 Å². The molecule has 0 radical (unpaired) electrons. The smallest absolute Gasteiger partial charge is 0.262 e. The van der Waals surface area contributed by atoms with E-state index in [2.05, 4.69) is 9.71 Å². The number of hydrogen-bond acceptors (Lipinski definition) is 5. The highest BCUT2D eigenvalue weighted by Gasteiger charge is 2.23. The van der Waals surface area contributed by atoms with Gasteiger partial charge in [-0.15, -0.1) is 0 Å². The first kappa shape index (κ1) is 23.6. The van der Waals surface area contributed by atoms with Gasteiger partial charge in [-0.05, 0) is 56.0 Å². The number of H-pyrrole nitrogens is 1. The zero-order chi connectivity index (χ0) is 22.4. The Morgan fingerprint density at radius 2 is 2.03 bits per heavy atom. The van der Waals surface area contributed by atoms with Crippen molar-refractivity contribution in [3.8, 4) is 0 Å². The number of amides is 1. The van der Waals surface area contributed by atoms with Crippen molar-refractivity contribution in [2.45, 2.75) is 45.1 Å². The molecule has 31 heavy (non-hydrogen) atoms. The Balaban J connectivity index is 1.44. The van der Waals surface area contributed by atoms with Gasteiger partial charge in [-0.1, -0.05) is 18.6 Å². The first-order valence-corrected chi connectivity index (χ1v) is 13.0. The number of para-hydroxylation sites is 1. The predicted octanol–water partition coefficient (Wildman–Crippen LogP) is 2.41. The van der Waals surface area contributed by atoms with Crippen LogP contribution in [0.5, 0.6) is 0 Å². The number of likely N-dealkylation sites (tertiary alicyclic amines) is 1. The van der Waals surface area contributed by atoms with Gasteiger partial charge in [0.15, 0.2) is 4.77 Å². The minimum Gasteiger partial charge on any atom is -0.342 e. The van der Waals surface area contributed by atoms with Crippen molar-refractivity contribution in [2.75, 3.05) is 25.9 Å². The maximum atomic E-state index is 12.6. The van der Waals surface area contributed by atoms with Crippen LogP contribution in [0.1, 0.15) is 38.5 Å². The van der Waals surface area contributed by atoms with Gasteiger partial charge in [0.25, 0.3) is 5.56 Å². The minimum absolute atomic E-state index is 0.0857. The summed E-state index contributed by atoms with van der Waals surface area (Å²) in [7, 11) is -3.21. The average molecular weight is 467 g/mol. The Hall–Kier alpha value is -2.04. The van der Waals surface area contributed by atoms with Crippen LogP contribution in [0, 0.1) is 10.7 Å². The van der Waals surface area contributed by atoms with Gasteiger partial charge in [-0.25, -0.2) is 13.1 Å². The van der Waals surface area contributed by atoms with Gasteiger partial charge >= 0.3 is 0 Å². The minimum atomic E-state index is -3.21.